The fourth-order valence-corrected chi connectivity index (χ4v) is 3.77. The van der Waals surface area contributed by atoms with Gasteiger partial charge in [-0.3, -0.25) is 9.69 Å². The van der Waals surface area contributed by atoms with Gasteiger partial charge >= 0.3 is 0 Å². The number of carbonyl (C=O) groups is 1. The number of benzene rings is 2. The van der Waals surface area contributed by atoms with Crippen molar-refractivity contribution >= 4 is 5.91 Å². The maximum absolute atomic E-state index is 12.4. The number of methoxy groups -OCH3 is 1. The summed E-state index contributed by atoms with van der Waals surface area (Å²) in [5.74, 6) is 0.771. The molecule has 144 valence electrons. The van der Waals surface area contributed by atoms with Crippen molar-refractivity contribution in [2.45, 2.75) is 51.7 Å². The van der Waals surface area contributed by atoms with E-state index in [1.807, 2.05) is 30.3 Å². The zero-order chi connectivity index (χ0) is 19.1. The van der Waals surface area contributed by atoms with Crippen LogP contribution < -0.4 is 10.1 Å². The number of ether oxygens (including phenoxy) is 1. The summed E-state index contributed by atoms with van der Waals surface area (Å²) in [6.45, 7) is 5.00. The zero-order valence-corrected chi connectivity index (χ0v) is 16.4. The number of piperidine rings is 1. The van der Waals surface area contributed by atoms with Gasteiger partial charge in [0.15, 0.2) is 0 Å². The Labute approximate surface area is 162 Å². The average Bonchev–Trinajstić information content (AvgIpc) is 2.69. The Morgan fingerprint density at radius 2 is 1.78 bits per heavy atom. The van der Waals surface area contributed by atoms with Crippen molar-refractivity contribution in [1.82, 2.24) is 10.2 Å². The van der Waals surface area contributed by atoms with E-state index in [0.717, 1.165) is 24.4 Å². The molecule has 1 aliphatic rings. The number of hydrogen-bond acceptors (Lipinski definition) is 3. The quantitative estimate of drug-likeness (QED) is 0.807. The smallest absolute Gasteiger partial charge is 0.224 e. The van der Waals surface area contributed by atoms with Gasteiger partial charge in [0.25, 0.3) is 0 Å². The fourth-order valence-electron chi connectivity index (χ4n) is 3.77. The molecule has 1 amide bonds. The van der Waals surface area contributed by atoms with E-state index in [1.54, 1.807) is 7.11 Å². The lowest BCUT2D eigenvalue weighted by Gasteiger charge is -2.33. The maximum atomic E-state index is 12.4. The molecule has 3 rings (SSSR count). The summed E-state index contributed by atoms with van der Waals surface area (Å²) in [5, 5.41) is 3.07. The predicted molar refractivity (Wildman–Crippen MR) is 109 cm³/mol. The van der Waals surface area contributed by atoms with Gasteiger partial charge in [-0.05, 0) is 43.5 Å². The van der Waals surface area contributed by atoms with Gasteiger partial charge in [0.2, 0.25) is 5.91 Å². The van der Waals surface area contributed by atoms with Gasteiger partial charge in [0.05, 0.1) is 13.5 Å². The van der Waals surface area contributed by atoms with Gasteiger partial charge in [0.1, 0.15) is 5.75 Å². The van der Waals surface area contributed by atoms with E-state index in [4.69, 9.17) is 4.74 Å². The first-order valence-electron chi connectivity index (χ1n) is 9.87. The van der Waals surface area contributed by atoms with Crippen LogP contribution in [-0.4, -0.2) is 30.5 Å². The van der Waals surface area contributed by atoms with Crippen LogP contribution in [0.5, 0.6) is 5.75 Å². The molecule has 0 radical (unpaired) electrons. The van der Waals surface area contributed by atoms with Crippen molar-refractivity contribution in [2.75, 3.05) is 13.7 Å². The van der Waals surface area contributed by atoms with Crippen molar-refractivity contribution in [2.24, 2.45) is 0 Å². The monoisotopic (exact) mass is 366 g/mol. The highest BCUT2D eigenvalue weighted by Crippen LogP contribution is 2.21. The molecular weight excluding hydrogens is 336 g/mol. The highest BCUT2D eigenvalue weighted by atomic mass is 16.5. The summed E-state index contributed by atoms with van der Waals surface area (Å²) in [6.07, 6.45) is 4.22. The van der Waals surface area contributed by atoms with Gasteiger partial charge in [-0.1, -0.05) is 48.9 Å². The third-order valence-corrected chi connectivity index (χ3v) is 5.45. The Morgan fingerprint density at radius 3 is 2.52 bits per heavy atom. The molecule has 1 N–H and O–H groups in total. The number of likely N-dealkylation sites (tertiary alicyclic amines) is 1. The van der Waals surface area contributed by atoms with Crippen LogP contribution >= 0.6 is 0 Å². The lowest BCUT2D eigenvalue weighted by molar-refractivity contribution is -0.120. The van der Waals surface area contributed by atoms with Crippen LogP contribution in [0, 0.1) is 0 Å². The third kappa shape index (κ3) is 5.33. The van der Waals surface area contributed by atoms with Gasteiger partial charge in [-0.25, -0.2) is 0 Å². The van der Waals surface area contributed by atoms with Gasteiger partial charge in [-0.15, -0.1) is 0 Å². The number of nitrogens with one attached hydrogen (secondary N) is 1. The van der Waals surface area contributed by atoms with Crippen LogP contribution in [0.25, 0.3) is 0 Å². The normalized spacial score (nSPS) is 17.5. The van der Waals surface area contributed by atoms with Crippen LogP contribution in [0.1, 0.15) is 42.9 Å². The summed E-state index contributed by atoms with van der Waals surface area (Å²) < 4.78 is 5.34. The minimum Gasteiger partial charge on any atom is -0.496 e. The fraction of sp³-hybridized carbons (Fsp3) is 0.435. The second-order valence-electron chi connectivity index (χ2n) is 7.35. The second kappa shape index (κ2) is 9.56. The van der Waals surface area contributed by atoms with E-state index < -0.39 is 0 Å². The molecule has 1 atom stereocenters. The Balaban J connectivity index is 1.60. The number of amides is 1. The van der Waals surface area contributed by atoms with E-state index in [9.17, 15) is 4.79 Å². The molecule has 0 bridgehead atoms. The molecule has 0 aliphatic carbocycles. The number of carbonyl (C=O) groups excluding carboxylic acids is 1. The van der Waals surface area contributed by atoms with Crippen molar-refractivity contribution in [3.8, 4) is 5.75 Å². The molecule has 1 aliphatic heterocycles. The minimum atomic E-state index is 0.0145. The first kappa shape index (κ1) is 19.4. The van der Waals surface area contributed by atoms with E-state index in [2.05, 4.69) is 35.3 Å². The van der Waals surface area contributed by atoms with Crippen LogP contribution in [0.2, 0.25) is 0 Å². The Morgan fingerprint density at radius 1 is 1.07 bits per heavy atom. The van der Waals surface area contributed by atoms with Crippen molar-refractivity contribution in [3.05, 3.63) is 65.2 Å². The summed E-state index contributed by atoms with van der Waals surface area (Å²) >= 11 is 0. The van der Waals surface area contributed by atoms with Crippen LogP contribution in [-0.2, 0) is 24.3 Å². The molecule has 4 nitrogen and oxygen atoms in total. The molecule has 4 heteroatoms. The number of para-hydroxylation sites is 1. The molecule has 2 aromatic rings. The number of nitrogens with zero attached hydrogens (tertiary/aromatic N) is 1. The largest absolute Gasteiger partial charge is 0.496 e. The first-order chi connectivity index (χ1) is 13.2. The molecule has 0 aromatic heterocycles. The van der Waals surface area contributed by atoms with E-state index in [1.165, 1.54) is 30.4 Å². The van der Waals surface area contributed by atoms with Gasteiger partial charge < -0.3 is 10.1 Å². The minimum absolute atomic E-state index is 0.0145. The van der Waals surface area contributed by atoms with Crippen LogP contribution in [0.15, 0.2) is 48.5 Å². The van der Waals surface area contributed by atoms with Crippen LogP contribution in [0.3, 0.4) is 0 Å². The lowest BCUT2D eigenvalue weighted by Crippen LogP contribution is -2.37. The molecule has 1 saturated heterocycles. The highest BCUT2D eigenvalue weighted by molar-refractivity contribution is 5.79. The molecule has 0 unspecified atom stereocenters. The first-order valence-corrected chi connectivity index (χ1v) is 9.87. The molecular formula is C23H30N2O2. The highest BCUT2D eigenvalue weighted by Gasteiger charge is 2.19. The SMILES string of the molecule is COc1ccccc1CC(=O)NCc1ccccc1CN1CCCC[C@H]1C. The summed E-state index contributed by atoms with van der Waals surface area (Å²) in [5.41, 5.74) is 3.42. The number of rotatable bonds is 7. The van der Waals surface area contributed by atoms with Crippen molar-refractivity contribution in [3.63, 3.8) is 0 Å². The van der Waals surface area contributed by atoms with Crippen LogP contribution in [0.4, 0.5) is 0 Å². The Bertz CT molecular complexity index is 760. The average molecular weight is 367 g/mol. The molecule has 1 fully saturated rings. The Kier molecular flexibility index (Phi) is 6.88. The Hall–Kier alpha value is -2.33. The number of hydrogen-bond donors (Lipinski definition) is 1. The van der Waals surface area contributed by atoms with Crippen molar-refractivity contribution in [1.29, 1.82) is 0 Å². The molecule has 1 heterocycles. The van der Waals surface area contributed by atoms with E-state index in [0.29, 0.717) is 19.0 Å². The lowest BCUT2D eigenvalue weighted by atomic mass is 10.0. The maximum Gasteiger partial charge on any atom is 0.224 e. The molecule has 27 heavy (non-hydrogen) atoms. The van der Waals surface area contributed by atoms with Crippen molar-refractivity contribution < 1.29 is 9.53 Å². The zero-order valence-electron chi connectivity index (χ0n) is 16.4. The summed E-state index contributed by atoms with van der Waals surface area (Å²) in [7, 11) is 1.63. The summed E-state index contributed by atoms with van der Waals surface area (Å²) in [6, 6.07) is 16.7. The predicted octanol–water partition coefficient (Wildman–Crippen LogP) is 3.93. The van der Waals surface area contributed by atoms with E-state index in [-0.39, 0.29) is 5.91 Å². The molecule has 0 saturated carbocycles. The standard InChI is InChI=1S/C23H30N2O2/c1-18-9-7-8-14-25(18)17-21-12-4-3-11-20(21)16-24-23(26)15-19-10-5-6-13-22(19)27-2/h3-6,10-13,18H,7-9,14-17H2,1-2H3,(H,24,26)/t18-/m1/s1. The second-order valence-corrected chi connectivity index (χ2v) is 7.35. The van der Waals surface area contributed by atoms with E-state index >= 15 is 0 Å². The van der Waals surface area contributed by atoms with Gasteiger partial charge in [-0.2, -0.15) is 0 Å². The topological polar surface area (TPSA) is 41.6 Å². The third-order valence-electron chi connectivity index (χ3n) is 5.45. The summed E-state index contributed by atoms with van der Waals surface area (Å²) in [4.78, 5) is 15.0. The molecule has 0 spiro atoms. The molecule has 2 aromatic carbocycles. The van der Waals surface area contributed by atoms with Gasteiger partial charge in [0, 0.05) is 24.7 Å².